The maximum Gasteiger partial charge on any atom is 0.0684 e. The van der Waals surface area contributed by atoms with E-state index in [-0.39, 0.29) is 0 Å². The molecular formula is C12H12Br2N2S. The van der Waals surface area contributed by atoms with Crippen LogP contribution in [-0.2, 0) is 13.1 Å². The summed E-state index contributed by atoms with van der Waals surface area (Å²) in [5.74, 6) is 0. The lowest BCUT2D eigenvalue weighted by Crippen LogP contribution is -2.14. The minimum absolute atomic E-state index is 0.767. The van der Waals surface area contributed by atoms with Gasteiger partial charge in [0.05, 0.1) is 5.69 Å². The Hall–Kier alpha value is -0.230. The number of nitrogens with zero attached hydrogens (tertiary/aromatic N) is 1. The van der Waals surface area contributed by atoms with Crippen molar-refractivity contribution in [3.8, 4) is 0 Å². The van der Waals surface area contributed by atoms with E-state index < -0.39 is 0 Å². The van der Waals surface area contributed by atoms with Gasteiger partial charge in [-0.15, -0.1) is 0 Å². The highest BCUT2D eigenvalue weighted by Gasteiger charge is 2.03. The molecule has 0 aromatic carbocycles. The number of hydrogen-bond acceptors (Lipinski definition) is 3. The molecule has 0 unspecified atom stereocenters. The van der Waals surface area contributed by atoms with E-state index in [4.69, 9.17) is 0 Å². The molecule has 0 aliphatic heterocycles. The summed E-state index contributed by atoms with van der Waals surface area (Å²) < 4.78 is 2.02. The van der Waals surface area contributed by atoms with Crippen molar-refractivity contribution in [2.24, 2.45) is 0 Å². The molecule has 0 bridgehead atoms. The van der Waals surface area contributed by atoms with Crippen molar-refractivity contribution in [1.82, 2.24) is 10.3 Å². The SMILES string of the molecule is Cc1cscc1CNCc1ncc(Br)cc1Br. The molecule has 0 amide bonds. The van der Waals surface area contributed by atoms with Crippen LogP contribution in [0.5, 0.6) is 0 Å². The maximum atomic E-state index is 4.37. The second-order valence-corrected chi connectivity index (χ2v) is 6.28. The zero-order valence-corrected chi connectivity index (χ0v) is 13.3. The smallest absolute Gasteiger partial charge is 0.0684 e. The monoisotopic (exact) mass is 374 g/mol. The molecule has 17 heavy (non-hydrogen) atoms. The fraction of sp³-hybridized carbons (Fsp3) is 0.250. The summed E-state index contributed by atoms with van der Waals surface area (Å²) >= 11 is 8.65. The minimum Gasteiger partial charge on any atom is -0.307 e. The molecule has 0 fully saturated rings. The predicted molar refractivity (Wildman–Crippen MR) is 79.2 cm³/mol. The van der Waals surface area contributed by atoms with Crippen LogP contribution in [0.15, 0.2) is 32.0 Å². The third-order valence-electron chi connectivity index (χ3n) is 2.45. The van der Waals surface area contributed by atoms with Gasteiger partial charge in [-0.3, -0.25) is 4.98 Å². The summed E-state index contributed by atoms with van der Waals surface area (Å²) in [5.41, 5.74) is 3.75. The van der Waals surface area contributed by atoms with Gasteiger partial charge in [-0.1, -0.05) is 0 Å². The molecule has 90 valence electrons. The first-order chi connectivity index (χ1) is 8.16. The van der Waals surface area contributed by atoms with Gasteiger partial charge in [-0.25, -0.2) is 0 Å². The molecule has 2 aromatic rings. The molecule has 1 N–H and O–H groups in total. The first kappa shape index (κ1) is 13.2. The lowest BCUT2D eigenvalue weighted by atomic mass is 10.2. The fourth-order valence-corrected chi connectivity index (χ4v) is 3.44. The van der Waals surface area contributed by atoms with E-state index in [9.17, 15) is 0 Å². The molecule has 5 heteroatoms. The molecule has 0 aliphatic rings. The fourth-order valence-electron chi connectivity index (χ4n) is 1.46. The van der Waals surface area contributed by atoms with Gasteiger partial charge >= 0.3 is 0 Å². The van der Waals surface area contributed by atoms with Gasteiger partial charge < -0.3 is 5.32 Å². The Labute approximate surface area is 122 Å². The number of nitrogens with one attached hydrogen (secondary N) is 1. The Kier molecular flexibility index (Phi) is 4.73. The van der Waals surface area contributed by atoms with Crippen LogP contribution in [0.25, 0.3) is 0 Å². The van der Waals surface area contributed by atoms with E-state index in [0.717, 1.165) is 27.7 Å². The number of thiophene rings is 1. The normalized spacial score (nSPS) is 10.8. The Morgan fingerprint density at radius 2 is 2.12 bits per heavy atom. The second-order valence-electron chi connectivity index (χ2n) is 3.77. The van der Waals surface area contributed by atoms with Crippen LogP contribution in [0, 0.1) is 6.92 Å². The molecule has 2 heterocycles. The van der Waals surface area contributed by atoms with Crippen LogP contribution in [-0.4, -0.2) is 4.98 Å². The Bertz CT molecular complexity index is 511. The predicted octanol–water partition coefficient (Wildman–Crippen LogP) is 4.27. The third-order valence-corrected chi connectivity index (χ3v) is 4.48. The first-order valence-electron chi connectivity index (χ1n) is 5.19. The van der Waals surface area contributed by atoms with E-state index in [1.165, 1.54) is 11.1 Å². The van der Waals surface area contributed by atoms with Crippen molar-refractivity contribution in [3.05, 3.63) is 48.8 Å². The Balaban J connectivity index is 1.92. The Morgan fingerprint density at radius 1 is 1.29 bits per heavy atom. The van der Waals surface area contributed by atoms with Crippen molar-refractivity contribution in [2.75, 3.05) is 0 Å². The van der Waals surface area contributed by atoms with Crippen molar-refractivity contribution in [3.63, 3.8) is 0 Å². The van der Waals surface area contributed by atoms with Gasteiger partial charge in [-0.2, -0.15) is 11.3 Å². The zero-order chi connectivity index (χ0) is 12.3. The summed E-state index contributed by atoms with van der Waals surface area (Å²) in [5, 5.41) is 7.76. The van der Waals surface area contributed by atoms with Gasteiger partial charge in [0, 0.05) is 28.2 Å². The number of rotatable bonds is 4. The lowest BCUT2D eigenvalue weighted by Gasteiger charge is -2.06. The summed E-state index contributed by atoms with van der Waals surface area (Å²) in [6.45, 7) is 3.80. The van der Waals surface area contributed by atoms with E-state index in [1.54, 1.807) is 11.3 Å². The summed E-state index contributed by atoms with van der Waals surface area (Å²) in [6.07, 6.45) is 1.82. The maximum absolute atomic E-state index is 4.37. The van der Waals surface area contributed by atoms with E-state index in [2.05, 4.69) is 59.8 Å². The molecular weight excluding hydrogens is 364 g/mol. The average molecular weight is 376 g/mol. The number of aryl methyl sites for hydroxylation is 1. The summed E-state index contributed by atoms with van der Waals surface area (Å²) in [6, 6.07) is 2.01. The van der Waals surface area contributed by atoms with Gasteiger partial charge in [0.1, 0.15) is 0 Å². The van der Waals surface area contributed by atoms with Crippen LogP contribution in [0.3, 0.4) is 0 Å². The summed E-state index contributed by atoms with van der Waals surface area (Å²) in [4.78, 5) is 4.37. The number of hydrogen-bond donors (Lipinski definition) is 1. The Morgan fingerprint density at radius 3 is 2.76 bits per heavy atom. The number of halogens is 2. The van der Waals surface area contributed by atoms with Crippen molar-refractivity contribution in [2.45, 2.75) is 20.0 Å². The zero-order valence-electron chi connectivity index (χ0n) is 9.34. The highest BCUT2D eigenvalue weighted by Crippen LogP contribution is 2.19. The van der Waals surface area contributed by atoms with Gasteiger partial charge in [0.2, 0.25) is 0 Å². The van der Waals surface area contributed by atoms with Gasteiger partial charge in [-0.05, 0) is 66.7 Å². The van der Waals surface area contributed by atoms with E-state index >= 15 is 0 Å². The van der Waals surface area contributed by atoms with Gasteiger partial charge in [0.25, 0.3) is 0 Å². The van der Waals surface area contributed by atoms with Crippen LogP contribution in [0.1, 0.15) is 16.8 Å². The van der Waals surface area contributed by atoms with Crippen molar-refractivity contribution in [1.29, 1.82) is 0 Å². The molecule has 0 radical (unpaired) electrons. The molecule has 0 spiro atoms. The van der Waals surface area contributed by atoms with Crippen molar-refractivity contribution < 1.29 is 0 Å². The molecule has 2 rings (SSSR count). The van der Waals surface area contributed by atoms with Crippen LogP contribution >= 0.6 is 43.2 Å². The van der Waals surface area contributed by atoms with Crippen LogP contribution in [0.2, 0.25) is 0 Å². The number of pyridine rings is 1. The molecule has 2 aromatic heterocycles. The molecule has 0 aliphatic carbocycles. The standard InChI is InChI=1S/C12H12Br2N2S/c1-8-6-17-7-9(8)3-15-5-12-11(14)2-10(13)4-16-12/h2,4,6-7,15H,3,5H2,1H3. The molecule has 0 saturated carbocycles. The lowest BCUT2D eigenvalue weighted by molar-refractivity contribution is 0.676. The largest absolute Gasteiger partial charge is 0.307 e. The molecule has 0 saturated heterocycles. The summed E-state index contributed by atoms with van der Waals surface area (Å²) in [7, 11) is 0. The van der Waals surface area contributed by atoms with Crippen LogP contribution in [0.4, 0.5) is 0 Å². The van der Waals surface area contributed by atoms with Crippen molar-refractivity contribution >= 4 is 43.2 Å². The highest BCUT2D eigenvalue weighted by molar-refractivity contribution is 9.11. The third kappa shape index (κ3) is 3.61. The number of aromatic nitrogens is 1. The van der Waals surface area contributed by atoms with E-state index in [1.807, 2.05) is 12.3 Å². The van der Waals surface area contributed by atoms with Gasteiger partial charge in [0.15, 0.2) is 0 Å². The first-order valence-corrected chi connectivity index (χ1v) is 7.72. The minimum atomic E-state index is 0.767. The van der Waals surface area contributed by atoms with E-state index in [0.29, 0.717) is 0 Å². The van der Waals surface area contributed by atoms with Crippen LogP contribution < -0.4 is 5.32 Å². The molecule has 0 atom stereocenters. The average Bonchev–Trinajstić information content (AvgIpc) is 2.68. The quantitative estimate of drug-likeness (QED) is 0.863. The highest BCUT2D eigenvalue weighted by atomic mass is 79.9. The molecule has 2 nitrogen and oxygen atoms in total. The second kappa shape index (κ2) is 6.09. The topological polar surface area (TPSA) is 24.9 Å².